The standard InChI is InChI=1S/C26H29FN2O3S/c1-17-6-12-24(13-7-17)33(31,32)29(23-10-8-22(27)9-11-23)16-26(30)28-21(5)25-15-19(3)18(2)14-20(25)4/h6-15,21H,16H2,1-5H3,(H,28,30)/t21-/m1/s1. The molecule has 0 aliphatic rings. The van der Waals surface area contributed by atoms with Crippen LogP contribution in [0.2, 0.25) is 0 Å². The molecule has 0 radical (unpaired) electrons. The number of hydrogen-bond donors (Lipinski definition) is 1. The average molecular weight is 469 g/mol. The van der Waals surface area contributed by atoms with Gasteiger partial charge in [0.15, 0.2) is 0 Å². The molecule has 0 aliphatic heterocycles. The average Bonchev–Trinajstić information content (AvgIpc) is 2.75. The van der Waals surface area contributed by atoms with E-state index in [0.717, 1.165) is 26.6 Å². The second kappa shape index (κ2) is 9.75. The first-order valence-corrected chi connectivity index (χ1v) is 12.1. The van der Waals surface area contributed by atoms with E-state index < -0.39 is 28.3 Å². The molecular weight excluding hydrogens is 439 g/mol. The minimum atomic E-state index is -4.05. The number of anilines is 1. The van der Waals surface area contributed by atoms with Crippen molar-refractivity contribution in [1.82, 2.24) is 5.32 Å². The largest absolute Gasteiger partial charge is 0.348 e. The SMILES string of the molecule is Cc1ccc(S(=O)(=O)N(CC(=O)N[C@H](C)c2cc(C)c(C)cc2C)c2ccc(F)cc2)cc1. The molecule has 174 valence electrons. The second-order valence-corrected chi connectivity index (χ2v) is 10.2. The molecule has 0 unspecified atom stereocenters. The molecule has 1 atom stereocenters. The van der Waals surface area contributed by atoms with Crippen LogP contribution < -0.4 is 9.62 Å². The summed E-state index contributed by atoms with van der Waals surface area (Å²) in [5, 5.41) is 2.91. The van der Waals surface area contributed by atoms with Crippen LogP contribution >= 0.6 is 0 Å². The Bertz CT molecular complexity index is 1250. The number of halogens is 1. The first-order valence-electron chi connectivity index (χ1n) is 10.7. The second-order valence-electron chi connectivity index (χ2n) is 8.38. The highest BCUT2D eigenvalue weighted by atomic mass is 32.2. The Morgan fingerprint density at radius 2 is 1.48 bits per heavy atom. The third kappa shape index (κ3) is 5.60. The molecule has 1 N–H and O–H groups in total. The van der Waals surface area contributed by atoms with Crippen molar-refractivity contribution in [3.05, 3.63) is 94.3 Å². The van der Waals surface area contributed by atoms with Gasteiger partial charge in [-0.1, -0.05) is 29.8 Å². The lowest BCUT2D eigenvalue weighted by molar-refractivity contribution is -0.120. The van der Waals surface area contributed by atoms with Crippen molar-refractivity contribution < 1.29 is 17.6 Å². The summed E-state index contributed by atoms with van der Waals surface area (Å²) in [7, 11) is -4.05. The number of nitrogens with one attached hydrogen (secondary N) is 1. The zero-order valence-corrected chi connectivity index (χ0v) is 20.3. The fourth-order valence-electron chi connectivity index (χ4n) is 3.70. The van der Waals surface area contributed by atoms with Crippen LogP contribution in [0.1, 0.15) is 40.8 Å². The maximum Gasteiger partial charge on any atom is 0.264 e. The Kier molecular flexibility index (Phi) is 7.22. The third-order valence-electron chi connectivity index (χ3n) is 5.74. The summed E-state index contributed by atoms with van der Waals surface area (Å²) >= 11 is 0. The summed E-state index contributed by atoms with van der Waals surface area (Å²) in [5.74, 6) is -0.949. The lowest BCUT2D eigenvalue weighted by Gasteiger charge is -2.25. The van der Waals surface area contributed by atoms with Crippen molar-refractivity contribution in [2.45, 2.75) is 45.6 Å². The van der Waals surface area contributed by atoms with Crippen LogP contribution in [0, 0.1) is 33.5 Å². The van der Waals surface area contributed by atoms with Gasteiger partial charge in [0.05, 0.1) is 16.6 Å². The topological polar surface area (TPSA) is 66.5 Å². The first kappa shape index (κ1) is 24.5. The highest BCUT2D eigenvalue weighted by molar-refractivity contribution is 7.92. The highest BCUT2D eigenvalue weighted by Crippen LogP contribution is 2.25. The predicted molar refractivity (Wildman–Crippen MR) is 129 cm³/mol. The molecule has 0 fully saturated rings. The van der Waals surface area contributed by atoms with Gasteiger partial charge in [0.1, 0.15) is 12.4 Å². The molecule has 0 spiro atoms. The summed E-state index contributed by atoms with van der Waals surface area (Å²) in [6.07, 6.45) is 0. The number of hydrogen-bond acceptors (Lipinski definition) is 3. The fourth-order valence-corrected chi connectivity index (χ4v) is 5.13. The van der Waals surface area contributed by atoms with E-state index in [2.05, 4.69) is 11.4 Å². The number of sulfonamides is 1. The zero-order chi connectivity index (χ0) is 24.3. The molecular formula is C26H29FN2O3S. The minimum Gasteiger partial charge on any atom is -0.348 e. The van der Waals surface area contributed by atoms with Crippen molar-refractivity contribution in [2.75, 3.05) is 10.8 Å². The van der Waals surface area contributed by atoms with Crippen LogP contribution in [0.3, 0.4) is 0 Å². The number of nitrogens with zero attached hydrogens (tertiary/aromatic N) is 1. The van der Waals surface area contributed by atoms with Crippen molar-refractivity contribution >= 4 is 21.6 Å². The van der Waals surface area contributed by atoms with Gasteiger partial charge in [0.25, 0.3) is 10.0 Å². The van der Waals surface area contributed by atoms with Crippen LogP contribution in [0.25, 0.3) is 0 Å². The van der Waals surface area contributed by atoms with E-state index in [1.165, 1.54) is 42.0 Å². The molecule has 1 amide bonds. The number of carbonyl (C=O) groups is 1. The molecule has 0 saturated carbocycles. The molecule has 3 rings (SSSR count). The van der Waals surface area contributed by atoms with E-state index >= 15 is 0 Å². The van der Waals surface area contributed by atoms with Gasteiger partial charge in [-0.05, 0) is 93.3 Å². The molecule has 0 bridgehead atoms. The van der Waals surface area contributed by atoms with Gasteiger partial charge < -0.3 is 5.32 Å². The highest BCUT2D eigenvalue weighted by Gasteiger charge is 2.28. The number of rotatable bonds is 7. The molecule has 33 heavy (non-hydrogen) atoms. The van der Waals surface area contributed by atoms with Gasteiger partial charge in [-0.15, -0.1) is 0 Å². The molecule has 3 aromatic rings. The summed E-state index contributed by atoms with van der Waals surface area (Å²) < 4.78 is 41.3. The summed E-state index contributed by atoms with van der Waals surface area (Å²) in [5.41, 5.74) is 5.43. The zero-order valence-electron chi connectivity index (χ0n) is 19.5. The van der Waals surface area contributed by atoms with E-state index in [1.807, 2.05) is 40.7 Å². The smallest absolute Gasteiger partial charge is 0.264 e. The molecule has 0 saturated heterocycles. The number of aryl methyl sites for hydroxylation is 4. The lowest BCUT2D eigenvalue weighted by atomic mass is 9.96. The summed E-state index contributed by atoms with van der Waals surface area (Å²) in [4.78, 5) is 13.0. The van der Waals surface area contributed by atoms with Gasteiger partial charge in [0, 0.05) is 0 Å². The van der Waals surface area contributed by atoms with Crippen molar-refractivity contribution in [1.29, 1.82) is 0 Å². The molecule has 7 heteroatoms. The lowest BCUT2D eigenvalue weighted by Crippen LogP contribution is -2.41. The Morgan fingerprint density at radius 1 is 0.909 bits per heavy atom. The molecule has 0 aliphatic carbocycles. The van der Waals surface area contributed by atoms with Crippen molar-refractivity contribution in [3.63, 3.8) is 0 Å². The normalized spacial score (nSPS) is 12.3. The molecule has 5 nitrogen and oxygen atoms in total. The van der Waals surface area contributed by atoms with Gasteiger partial charge >= 0.3 is 0 Å². The maximum atomic E-state index is 13.5. The van der Waals surface area contributed by atoms with E-state index in [4.69, 9.17) is 0 Å². The van der Waals surface area contributed by atoms with Crippen LogP contribution in [-0.4, -0.2) is 20.9 Å². The van der Waals surface area contributed by atoms with Crippen LogP contribution in [0.4, 0.5) is 10.1 Å². The summed E-state index contributed by atoms with van der Waals surface area (Å²) in [6.45, 7) is 9.32. The van der Waals surface area contributed by atoms with Crippen molar-refractivity contribution in [3.8, 4) is 0 Å². The summed E-state index contributed by atoms with van der Waals surface area (Å²) in [6, 6.07) is 15.2. The quantitative estimate of drug-likeness (QED) is 0.523. The van der Waals surface area contributed by atoms with Gasteiger partial charge in [-0.25, -0.2) is 12.8 Å². The number of carbonyl (C=O) groups excluding carboxylic acids is 1. The Morgan fingerprint density at radius 3 is 2.09 bits per heavy atom. The van der Waals surface area contributed by atoms with Gasteiger partial charge in [-0.3, -0.25) is 9.10 Å². The van der Waals surface area contributed by atoms with E-state index in [9.17, 15) is 17.6 Å². The Hall–Kier alpha value is -3.19. The van der Waals surface area contributed by atoms with Crippen LogP contribution in [0.15, 0.2) is 65.6 Å². The Balaban J connectivity index is 1.90. The Labute approximate surface area is 195 Å². The number of benzene rings is 3. The van der Waals surface area contributed by atoms with Crippen molar-refractivity contribution in [2.24, 2.45) is 0 Å². The predicted octanol–water partition coefficient (Wildman–Crippen LogP) is 5.13. The molecule has 0 heterocycles. The van der Waals surface area contributed by atoms with Crippen LogP contribution in [0.5, 0.6) is 0 Å². The third-order valence-corrected chi connectivity index (χ3v) is 7.53. The minimum absolute atomic E-state index is 0.0586. The fraction of sp³-hybridized carbons (Fsp3) is 0.269. The maximum absolute atomic E-state index is 13.5. The monoisotopic (exact) mass is 468 g/mol. The molecule has 3 aromatic carbocycles. The first-order chi connectivity index (χ1) is 15.5. The van der Waals surface area contributed by atoms with Gasteiger partial charge in [-0.2, -0.15) is 0 Å². The van der Waals surface area contributed by atoms with E-state index in [-0.39, 0.29) is 16.6 Å². The van der Waals surface area contributed by atoms with E-state index in [1.54, 1.807) is 12.1 Å². The van der Waals surface area contributed by atoms with Gasteiger partial charge in [0.2, 0.25) is 5.91 Å². The van der Waals surface area contributed by atoms with Crippen LogP contribution in [-0.2, 0) is 14.8 Å². The molecule has 0 aromatic heterocycles. The van der Waals surface area contributed by atoms with E-state index in [0.29, 0.717) is 0 Å². The number of amides is 1.